The van der Waals surface area contributed by atoms with E-state index in [1.165, 1.54) is 5.56 Å². The fourth-order valence-corrected chi connectivity index (χ4v) is 3.92. The van der Waals surface area contributed by atoms with Crippen molar-refractivity contribution in [3.05, 3.63) is 47.3 Å². The van der Waals surface area contributed by atoms with E-state index in [4.69, 9.17) is 4.74 Å². The van der Waals surface area contributed by atoms with Crippen molar-refractivity contribution in [1.29, 1.82) is 0 Å². The molecule has 0 aliphatic carbocycles. The lowest BCUT2D eigenvalue weighted by atomic mass is 9.88. The fraction of sp³-hybridized carbons (Fsp3) is 0.545. The number of aromatic nitrogens is 2. The number of likely N-dealkylation sites (N-methyl/N-ethyl adjacent to an activating group) is 1. The van der Waals surface area contributed by atoms with E-state index in [9.17, 15) is 0 Å². The predicted molar refractivity (Wildman–Crippen MR) is 118 cm³/mol. The number of aryl methyl sites for hydroxylation is 2. The molecule has 0 unspecified atom stereocenters. The number of benzene rings is 1. The number of hydrogen-bond donors (Lipinski definition) is 2. The molecule has 0 saturated carbocycles. The van der Waals surface area contributed by atoms with Crippen LogP contribution in [-0.2, 0) is 11.3 Å². The highest BCUT2D eigenvalue weighted by atomic mass is 16.5. The molecule has 2 heterocycles. The lowest BCUT2D eigenvalue weighted by Gasteiger charge is -2.43. The molecule has 158 valence electrons. The molecule has 1 fully saturated rings. The second kappa shape index (κ2) is 9.41. The standard InChI is InChI=1S/C22H34N6O/c1-17-14-18(2)28(26-17)20-9-7-6-8-19(20)15-24-21(23-3)25-16-22(27(4)5)10-12-29-13-11-22/h6-9,14H,10-13,15-16H2,1-5H3,(H2,23,24,25). The Morgan fingerprint density at radius 1 is 1.21 bits per heavy atom. The largest absolute Gasteiger partial charge is 0.381 e. The molecule has 7 nitrogen and oxygen atoms in total. The van der Waals surface area contributed by atoms with Gasteiger partial charge in [0.15, 0.2) is 5.96 Å². The van der Waals surface area contributed by atoms with Crippen LogP contribution >= 0.6 is 0 Å². The van der Waals surface area contributed by atoms with Crippen molar-refractivity contribution in [2.45, 2.75) is 38.8 Å². The molecule has 7 heteroatoms. The zero-order valence-electron chi connectivity index (χ0n) is 18.3. The van der Waals surface area contributed by atoms with Gasteiger partial charge in [-0.05, 0) is 58.5 Å². The number of para-hydroxylation sites is 1. The first-order valence-electron chi connectivity index (χ1n) is 10.3. The minimum Gasteiger partial charge on any atom is -0.381 e. The van der Waals surface area contributed by atoms with Gasteiger partial charge in [0.2, 0.25) is 0 Å². The Hall–Kier alpha value is -2.38. The third-order valence-electron chi connectivity index (χ3n) is 5.86. The average molecular weight is 399 g/mol. The molecule has 1 saturated heterocycles. The van der Waals surface area contributed by atoms with Crippen LogP contribution in [0.5, 0.6) is 0 Å². The number of rotatable bonds is 6. The summed E-state index contributed by atoms with van der Waals surface area (Å²) in [4.78, 5) is 6.74. The summed E-state index contributed by atoms with van der Waals surface area (Å²) in [6.07, 6.45) is 2.04. The minimum atomic E-state index is 0.0947. The second-order valence-electron chi connectivity index (χ2n) is 7.98. The molecule has 3 rings (SSSR count). The molecule has 0 bridgehead atoms. The summed E-state index contributed by atoms with van der Waals surface area (Å²) in [5, 5.41) is 11.6. The number of nitrogens with one attached hydrogen (secondary N) is 2. The van der Waals surface area contributed by atoms with E-state index in [0.29, 0.717) is 6.54 Å². The van der Waals surface area contributed by atoms with Crippen molar-refractivity contribution in [2.75, 3.05) is 40.9 Å². The van der Waals surface area contributed by atoms with Gasteiger partial charge in [-0.1, -0.05) is 18.2 Å². The molecular formula is C22H34N6O. The molecule has 29 heavy (non-hydrogen) atoms. The Kier molecular flexibility index (Phi) is 6.92. The Morgan fingerprint density at radius 3 is 2.55 bits per heavy atom. The third-order valence-corrected chi connectivity index (χ3v) is 5.86. The number of guanidine groups is 1. The van der Waals surface area contributed by atoms with Crippen molar-refractivity contribution in [2.24, 2.45) is 4.99 Å². The van der Waals surface area contributed by atoms with Gasteiger partial charge in [-0.15, -0.1) is 0 Å². The molecule has 1 aliphatic rings. The van der Waals surface area contributed by atoms with Gasteiger partial charge in [0.25, 0.3) is 0 Å². The summed E-state index contributed by atoms with van der Waals surface area (Å²) in [6, 6.07) is 10.4. The summed E-state index contributed by atoms with van der Waals surface area (Å²) in [5.74, 6) is 0.806. The van der Waals surface area contributed by atoms with Gasteiger partial charge in [0.1, 0.15) is 0 Å². The highest BCUT2D eigenvalue weighted by Crippen LogP contribution is 2.25. The van der Waals surface area contributed by atoms with Crippen LogP contribution in [0.1, 0.15) is 29.8 Å². The third kappa shape index (κ3) is 4.97. The maximum atomic E-state index is 5.57. The van der Waals surface area contributed by atoms with E-state index in [1.807, 2.05) is 24.7 Å². The number of nitrogens with zero attached hydrogens (tertiary/aromatic N) is 4. The van der Waals surface area contributed by atoms with Gasteiger partial charge in [0, 0.05) is 44.6 Å². The van der Waals surface area contributed by atoms with Crippen LogP contribution in [0.15, 0.2) is 35.3 Å². The van der Waals surface area contributed by atoms with Gasteiger partial charge >= 0.3 is 0 Å². The SMILES string of the molecule is CN=C(NCc1ccccc1-n1nc(C)cc1C)NCC1(N(C)C)CCOCC1. The summed E-state index contributed by atoms with van der Waals surface area (Å²) in [5.41, 5.74) is 4.51. The van der Waals surface area contributed by atoms with E-state index >= 15 is 0 Å². The lowest BCUT2D eigenvalue weighted by molar-refractivity contribution is -0.00501. The van der Waals surface area contributed by atoms with Crippen molar-refractivity contribution in [1.82, 2.24) is 25.3 Å². The molecule has 1 aromatic carbocycles. The van der Waals surface area contributed by atoms with Gasteiger partial charge in [-0.25, -0.2) is 4.68 Å². The van der Waals surface area contributed by atoms with Crippen molar-refractivity contribution in [3.63, 3.8) is 0 Å². The molecular weight excluding hydrogens is 364 g/mol. The van der Waals surface area contributed by atoms with E-state index in [1.54, 1.807) is 0 Å². The first-order chi connectivity index (χ1) is 13.9. The summed E-state index contributed by atoms with van der Waals surface area (Å²) in [7, 11) is 6.11. The fourth-order valence-electron chi connectivity index (χ4n) is 3.92. The smallest absolute Gasteiger partial charge is 0.191 e. The highest BCUT2D eigenvalue weighted by Gasteiger charge is 2.34. The second-order valence-corrected chi connectivity index (χ2v) is 7.98. The molecule has 0 spiro atoms. The van der Waals surface area contributed by atoms with Gasteiger partial charge in [0.05, 0.1) is 11.4 Å². The Balaban J connectivity index is 1.67. The van der Waals surface area contributed by atoms with Crippen LogP contribution in [0.2, 0.25) is 0 Å². The summed E-state index contributed by atoms with van der Waals surface area (Å²) >= 11 is 0. The van der Waals surface area contributed by atoms with Crippen LogP contribution in [0.3, 0.4) is 0 Å². The van der Waals surface area contributed by atoms with Crippen LogP contribution in [0.4, 0.5) is 0 Å². The van der Waals surface area contributed by atoms with E-state index in [2.05, 4.69) is 70.9 Å². The molecule has 1 aromatic heterocycles. The quantitative estimate of drug-likeness (QED) is 0.577. The summed E-state index contributed by atoms with van der Waals surface area (Å²) < 4.78 is 7.58. The van der Waals surface area contributed by atoms with Crippen molar-refractivity contribution >= 4 is 5.96 Å². The average Bonchev–Trinajstić information content (AvgIpc) is 3.06. The zero-order chi connectivity index (χ0) is 20.9. The van der Waals surface area contributed by atoms with E-state index in [0.717, 1.165) is 55.6 Å². The maximum absolute atomic E-state index is 5.57. The number of aliphatic imine (C=N–C) groups is 1. The first-order valence-corrected chi connectivity index (χ1v) is 10.3. The molecule has 2 aromatic rings. The van der Waals surface area contributed by atoms with Crippen LogP contribution in [-0.4, -0.2) is 67.1 Å². The molecule has 2 N–H and O–H groups in total. The van der Waals surface area contributed by atoms with Gasteiger partial charge < -0.3 is 20.3 Å². The van der Waals surface area contributed by atoms with Crippen LogP contribution < -0.4 is 10.6 Å². The number of hydrogen-bond acceptors (Lipinski definition) is 4. The van der Waals surface area contributed by atoms with Crippen LogP contribution in [0.25, 0.3) is 5.69 Å². The first kappa shape index (κ1) is 21.3. The normalized spacial score (nSPS) is 16.8. The van der Waals surface area contributed by atoms with Gasteiger partial charge in [-0.2, -0.15) is 5.10 Å². The Bertz CT molecular complexity index is 836. The molecule has 1 aliphatic heterocycles. The van der Waals surface area contributed by atoms with E-state index in [-0.39, 0.29) is 5.54 Å². The van der Waals surface area contributed by atoms with Crippen LogP contribution in [0, 0.1) is 13.8 Å². The molecule has 0 amide bonds. The van der Waals surface area contributed by atoms with Crippen molar-refractivity contribution in [3.8, 4) is 5.69 Å². The molecule has 0 radical (unpaired) electrons. The topological polar surface area (TPSA) is 66.7 Å². The highest BCUT2D eigenvalue weighted by molar-refractivity contribution is 5.79. The lowest BCUT2D eigenvalue weighted by Crippen LogP contribution is -2.57. The van der Waals surface area contributed by atoms with E-state index < -0.39 is 0 Å². The monoisotopic (exact) mass is 398 g/mol. The molecule has 0 atom stereocenters. The Morgan fingerprint density at radius 2 is 1.93 bits per heavy atom. The maximum Gasteiger partial charge on any atom is 0.191 e. The zero-order valence-corrected chi connectivity index (χ0v) is 18.3. The number of ether oxygens (including phenoxy) is 1. The predicted octanol–water partition coefficient (Wildman–Crippen LogP) is 2.26. The summed E-state index contributed by atoms with van der Waals surface area (Å²) in [6.45, 7) is 7.23. The van der Waals surface area contributed by atoms with Gasteiger partial charge in [-0.3, -0.25) is 4.99 Å². The van der Waals surface area contributed by atoms with Crippen molar-refractivity contribution < 1.29 is 4.74 Å². The Labute approximate surface area is 174 Å². The minimum absolute atomic E-state index is 0.0947.